The Labute approximate surface area is 71.0 Å². The van der Waals surface area contributed by atoms with Crippen molar-refractivity contribution >= 4 is 0 Å². The Morgan fingerprint density at radius 1 is 1.58 bits per heavy atom. The second-order valence-electron chi connectivity index (χ2n) is 3.27. The van der Waals surface area contributed by atoms with E-state index in [9.17, 15) is 8.78 Å². The molecule has 1 aliphatic rings. The van der Waals surface area contributed by atoms with Crippen molar-refractivity contribution in [3.05, 3.63) is 12.2 Å². The van der Waals surface area contributed by atoms with Crippen LogP contribution in [0.3, 0.4) is 0 Å². The molecule has 0 aromatic carbocycles. The fourth-order valence-electron chi connectivity index (χ4n) is 1.32. The number of rotatable bonds is 3. The zero-order valence-corrected chi connectivity index (χ0v) is 7.02. The number of halogens is 2. The summed E-state index contributed by atoms with van der Waals surface area (Å²) in [5, 5.41) is 0. The Kier molecular flexibility index (Phi) is 2.80. The van der Waals surface area contributed by atoms with Crippen molar-refractivity contribution in [2.24, 2.45) is 5.73 Å². The van der Waals surface area contributed by atoms with Gasteiger partial charge in [0.05, 0.1) is 13.1 Å². The highest BCUT2D eigenvalue weighted by Gasteiger charge is 2.31. The molecule has 2 N–H and O–H groups in total. The average Bonchev–Trinajstić information content (AvgIpc) is 2.35. The van der Waals surface area contributed by atoms with Gasteiger partial charge in [-0.3, -0.25) is 4.90 Å². The molecule has 0 bridgehead atoms. The topological polar surface area (TPSA) is 29.3 Å². The van der Waals surface area contributed by atoms with Crippen molar-refractivity contribution in [2.75, 3.05) is 26.2 Å². The van der Waals surface area contributed by atoms with Gasteiger partial charge in [0.15, 0.2) is 0 Å². The maximum atomic E-state index is 12.7. The van der Waals surface area contributed by atoms with Crippen LogP contribution in [0.4, 0.5) is 8.78 Å². The zero-order chi connectivity index (χ0) is 9.19. The third-order valence-electron chi connectivity index (χ3n) is 1.98. The first kappa shape index (κ1) is 9.61. The van der Waals surface area contributed by atoms with Gasteiger partial charge < -0.3 is 5.73 Å². The summed E-state index contributed by atoms with van der Waals surface area (Å²) < 4.78 is 25.5. The smallest absolute Gasteiger partial charge is 0.272 e. The van der Waals surface area contributed by atoms with Gasteiger partial charge in [0.1, 0.15) is 0 Å². The fraction of sp³-hybridized carbons (Fsp3) is 0.750. The van der Waals surface area contributed by atoms with Crippen LogP contribution in [0.2, 0.25) is 0 Å². The lowest BCUT2D eigenvalue weighted by Gasteiger charge is -2.21. The molecule has 1 rings (SSSR count). The van der Waals surface area contributed by atoms with Crippen LogP contribution in [0.25, 0.3) is 0 Å². The van der Waals surface area contributed by atoms with Gasteiger partial charge in [-0.1, -0.05) is 12.2 Å². The zero-order valence-electron chi connectivity index (χ0n) is 7.02. The molecule has 0 unspecified atom stereocenters. The van der Waals surface area contributed by atoms with Crippen LogP contribution in [-0.4, -0.2) is 37.0 Å². The second-order valence-corrected chi connectivity index (χ2v) is 3.27. The lowest BCUT2D eigenvalue weighted by Crippen LogP contribution is -2.40. The molecule has 0 aliphatic carbocycles. The molecule has 12 heavy (non-hydrogen) atoms. The Balaban J connectivity index is 2.36. The number of alkyl halides is 2. The highest BCUT2D eigenvalue weighted by molar-refractivity contribution is 5.04. The van der Waals surface area contributed by atoms with E-state index in [0.29, 0.717) is 13.1 Å². The normalized spacial score (nSPS) is 20.4. The minimum atomic E-state index is -2.75. The van der Waals surface area contributed by atoms with Crippen LogP contribution >= 0.6 is 0 Å². The molecule has 1 heterocycles. The summed E-state index contributed by atoms with van der Waals surface area (Å²) in [6, 6.07) is 0. The predicted molar refractivity (Wildman–Crippen MR) is 44.2 cm³/mol. The third-order valence-corrected chi connectivity index (χ3v) is 1.98. The third kappa shape index (κ3) is 2.53. The van der Waals surface area contributed by atoms with E-state index >= 15 is 0 Å². The Hall–Kier alpha value is -0.480. The van der Waals surface area contributed by atoms with E-state index in [0.717, 1.165) is 12.0 Å². The van der Waals surface area contributed by atoms with Gasteiger partial charge in [0, 0.05) is 13.1 Å². The maximum absolute atomic E-state index is 12.7. The predicted octanol–water partition coefficient (Wildman–Crippen LogP) is 0.842. The van der Waals surface area contributed by atoms with E-state index in [1.165, 1.54) is 0 Å². The molecule has 0 saturated carbocycles. The van der Waals surface area contributed by atoms with E-state index in [-0.39, 0.29) is 6.54 Å². The number of likely N-dealkylation sites (tertiary alicyclic amines) is 1. The molecule has 0 aromatic heterocycles. The quantitative estimate of drug-likeness (QED) is 0.646. The average molecular weight is 176 g/mol. The molecule has 70 valence electrons. The van der Waals surface area contributed by atoms with Crippen LogP contribution in [0.15, 0.2) is 12.2 Å². The molecule has 1 saturated heterocycles. The largest absolute Gasteiger partial charge is 0.325 e. The van der Waals surface area contributed by atoms with Crippen molar-refractivity contribution < 1.29 is 8.78 Å². The van der Waals surface area contributed by atoms with Crippen molar-refractivity contribution in [1.29, 1.82) is 0 Å². The minimum Gasteiger partial charge on any atom is -0.325 e. The SMILES string of the molecule is C=C1CCN(CC(F)(F)CN)C1. The van der Waals surface area contributed by atoms with E-state index < -0.39 is 12.5 Å². The van der Waals surface area contributed by atoms with Gasteiger partial charge >= 0.3 is 0 Å². The van der Waals surface area contributed by atoms with E-state index in [2.05, 4.69) is 6.58 Å². The van der Waals surface area contributed by atoms with Crippen LogP contribution < -0.4 is 5.73 Å². The molecule has 1 fully saturated rings. The number of hydrogen-bond acceptors (Lipinski definition) is 2. The molecular formula is C8H14F2N2. The first-order valence-corrected chi connectivity index (χ1v) is 4.00. The van der Waals surface area contributed by atoms with Gasteiger partial charge in [-0.2, -0.15) is 0 Å². The molecule has 0 spiro atoms. The highest BCUT2D eigenvalue weighted by atomic mass is 19.3. The monoisotopic (exact) mass is 176 g/mol. The van der Waals surface area contributed by atoms with Crippen LogP contribution in [0.5, 0.6) is 0 Å². The first-order chi connectivity index (χ1) is 5.53. The number of nitrogens with zero attached hydrogens (tertiary/aromatic N) is 1. The van der Waals surface area contributed by atoms with Crippen LogP contribution in [0, 0.1) is 0 Å². The van der Waals surface area contributed by atoms with Crippen LogP contribution in [-0.2, 0) is 0 Å². The van der Waals surface area contributed by atoms with Crippen molar-refractivity contribution in [3.8, 4) is 0 Å². The fourth-order valence-corrected chi connectivity index (χ4v) is 1.32. The summed E-state index contributed by atoms with van der Waals surface area (Å²) in [6.45, 7) is 4.22. The first-order valence-electron chi connectivity index (χ1n) is 4.00. The van der Waals surface area contributed by atoms with Gasteiger partial charge in [0.25, 0.3) is 5.92 Å². The number of hydrogen-bond donors (Lipinski definition) is 1. The Morgan fingerprint density at radius 2 is 2.25 bits per heavy atom. The molecular weight excluding hydrogens is 162 g/mol. The van der Waals surface area contributed by atoms with Gasteiger partial charge in [-0.15, -0.1) is 0 Å². The summed E-state index contributed by atoms with van der Waals surface area (Å²) in [7, 11) is 0. The van der Waals surface area contributed by atoms with Gasteiger partial charge in [0.2, 0.25) is 0 Å². The molecule has 0 amide bonds. The minimum absolute atomic E-state index is 0.234. The summed E-state index contributed by atoms with van der Waals surface area (Å²) in [6.07, 6.45) is 0.834. The molecule has 0 aromatic rings. The summed E-state index contributed by atoms with van der Waals surface area (Å²) in [5.74, 6) is -2.75. The van der Waals surface area contributed by atoms with Crippen molar-refractivity contribution in [2.45, 2.75) is 12.3 Å². The number of nitrogens with two attached hydrogens (primary N) is 1. The van der Waals surface area contributed by atoms with Crippen molar-refractivity contribution in [3.63, 3.8) is 0 Å². The second kappa shape index (κ2) is 3.49. The maximum Gasteiger partial charge on any atom is 0.272 e. The standard InChI is InChI=1S/C8H14F2N2/c1-7-2-3-12(4-7)6-8(9,10)5-11/h1-6,11H2. The van der Waals surface area contributed by atoms with Gasteiger partial charge in [-0.05, 0) is 6.42 Å². The van der Waals surface area contributed by atoms with E-state index in [1.807, 2.05) is 0 Å². The molecule has 2 nitrogen and oxygen atoms in total. The lowest BCUT2D eigenvalue weighted by molar-refractivity contribution is -0.0174. The summed E-state index contributed by atoms with van der Waals surface area (Å²) >= 11 is 0. The highest BCUT2D eigenvalue weighted by Crippen LogP contribution is 2.19. The van der Waals surface area contributed by atoms with Crippen molar-refractivity contribution in [1.82, 2.24) is 4.90 Å². The molecule has 1 aliphatic heterocycles. The van der Waals surface area contributed by atoms with E-state index in [4.69, 9.17) is 5.73 Å². The van der Waals surface area contributed by atoms with E-state index in [1.54, 1.807) is 4.90 Å². The lowest BCUT2D eigenvalue weighted by atomic mass is 10.3. The summed E-state index contributed by atoms with van der Waals surface area (Å²) in [4.78, 5) is 1.69. The Morgan fingerprint density at radius 3 is 2.67 bits per heavy atom. The Bertz CT molecular complexity index is 180. The van der Waals surface area contributed by atoms with Crippen LogP contribution in [0.1, 0.15) is 6.42 Å². The molecule has 0 atom stereocenters. The molecule has 4 heteroatoms. The van der Waals surface area contributed by atoms with Gasteiger partial charge in [-0.25, -0.2) is 8.78 Å². The molecule has 0 radical (unpaired) electrons. The summed E-state index contributed by atoms with van der Waals surface area (Å²) in [5.41, 5.74) is 5.95.